The fraction of sp³-hybridized carbons (Fsp3) is 0.294. The second-order valence-electron chi connectivity index (χ2n) is 5.63. The van der Waals surface area contributed by atoms with Crippen molar-refractivity contribution in [3.05, 3.63) is 47.3 Å². The lowest BCUT2D eigenvalue weighted by Gasteiger charge is -2.18. The zero-order valence-corrected chi connectivity index (χ0v) is 14.2. The summed E-state index contributed by atoms with van der Waals surface area (Å²) in [6, 6.07) is 7.28. The first kappa shape index (κ1) is 15.8. The molecule has 3 aromatic heterocycles. The first-order chi connectivity index (χ1) is 12.3. The number of nitrogens with zero attached hydrogens (tertiary/aromatic N) is 4. The van der Waals surface area contributed by atoms with Crippen molar-refractivity contribution in [1.82, 2.24) is 15.1 Å². The van der Waals surface area contributed by atoms with E-state index in [1.54, 1.807) is 18.3 Å². The maximum atomic E-state index is 12.5. The zero-order chi connectivity index (χ0) is 17.1. The summed E-state index contributed by atoms with van der Waals surface area (Å²) in [7, 11) is 0. The number of hydrogen-bond donors (Lipinski definition) is 0. The molecule has 0 radical (unpaired) electrons. The van der Waals surface area contributed by atoms with Crippen LogP contribution in [-0.4, -0.2) is 34.2 Å². The molecular weight excluding hydrogens is 340 g/mol. The van der Waals surface area contributed by atoms with Gasteiger partial charge in [0.25, 0.3) is 5.89 Å². The minimum atomic E-state index is -0.439. The normalized spacial score (nSPS) is 14.0. The van der Waals surface area contributed by atoms with E-state index >= 15 is 0 Å². The van der Waals surface area contributed by atoms with Crippen LogP contribution in [-0.2, 0) is 11.3 Å². The maximum Gasteiger partial charge on any atom is 0.342 e. The second-order valence-corrected chi connectivity index (χ2v) is 6.58. The van der Waals surface area contributed by atoms with Crippen molar-refractivity contribution in [3.8, 4) is 10.7 Å². The predicted octanol–water partition coefficient (Wildman–Crippen LogP) is 3.15. The molecule has 0 atom stereocenters. The number of thiophene rings is 1. The Labute approximate surface area is 148 Å². The Balaban J connectivity index is 1.44. The molecule has 0 saturated carbocycles. The predicted molar refractivity (Wildman–Crippen MR) is 92.4 cm³/mol. The third-order valence-corrected chi connectivity index (χ3v) is 4.81. The van der Waals surface area contributed by atoms with Crippen LogP contribution in [0.2, 0.25) is 0 Å². The quantitative estimate of drug-likeness (QED) is 0.650. The average Bonchev–Trinajstić information content (AvgIpc) is 3.41. The van der Waals surface area contributed by atoms with Crippen molar-refractivity contribution < 1.29 is 14.1 Å². The molecule has 1 saturated heterocycles. The molecule has 1 aliphatic heterocycles. The van der Waals surface area contributed by atoms with Crippen molar-refractivity contribution >= 4 is 23.1 Å². The summed E-state index contributed by atoms with van der Waals surface area (Å²) in [6.45, 7) is 1.75. The summed E-state index contributed by atoms with van der Waals surface area (Å²) in [5.41, 5.74) is 0.461. The minimum Gasteiger partial charge on any atom is -0.452 e. The molecule has 25 heavy (non-hydrogen) atoms. The molecule has 7 nitrogen and oxygen atoms in total. The topological polar surface area (TPSA) is 81.3 Å². The van der Waals surface area contributed by atoms with Crippen molar-refractivity contribution in [1.29, 1.82) is 0 Å². The van der Waals surface area contributed by atoms with Gasteiger partial charge in [0.2, 0.25) is 5.82 Å². The molecule has 0 unspecified atom stereocenters. The number of aromatic nitrogens is 3. The molecule has 8 heteroatoms. The SMILES string of the molecule is O=C(OCc1nc(-c2cccs2)no1)c1cccnc1N1CCCC1. The van der Waals surface area contributed by atoms with Gasteiger partial charge in [0.1, 0.15) is 11.4 Å². The van der Waals surface area contributed by atoms with E-state index in [0.717, 1.165) is 30.8 Å². The summed E-state index contributed by atoms with van der Waals surface area (Å²) < 4.78 is 10.5. The number of anilines is 1. The van der Waals surface area contributed by atoms with Crippen LogP contribution < -0.4 is 4.90 Å². The molecule has 1 fully saturated rings. The zero-order valence-electron chi connectivity index (χ0n) is 13.4. The van der Waals surface area contributed by atoms with Crippen LogP contribution in [0.3, 0.4) is 0 Å². The van der Waals surface area contributed by atoms with Crippen LogP contribution in [0.15, 0.2) is 40.4 Å². The van der Waals surface area contributed by atoms with E-state index in [9.17, 15) is 4.79 Å². The lowest BCUT2D eigenvalue weighted by Crippen LogP contribution is -2.22. The summed E-state index contributed by atoms with van der Waals surface area (Å²) in [5, 5.41) is 5.84. The van der Waals surface area contributed by atoms with Crippen LogP contribution in [0.25, 0.3) is 10.7 Å². The Morgan fingerprint density at radius 2 is 2.16 bits per heavy atom. The highest BCUT2D eigenvalue weighted by Crippen LogP contribution is 2.24. The number of hydrogen-bond acceptors (Lipinski definition) is 8. The van der Waals surface area contributed by atoms with Gasteiger partial charge in [0.15, 0.2) is 6.61 Å². The van der Waals surface area contributed by atoms with Crippen LogP contribution >= 0.6 is 11.3 Å². The number of carbonyl (C=O) groups excluding carboxylic acids is 1. The van der Waals surface area contributed by atoms with E-state index in [0.29, 0.717) is 17.2 Å². The third kappa shape index (κ3) is 3.39. The van der Waals surface area contributed by atoms with Gasteiger partial charge in [-0.3, -0.25) is 0 Å². The number of esters is 1. The summed E-state index contributed by atoms with van der Waals surface area (Å²) in [6.07, 6.45) is 3.91. The van der Waals surface area contributed by atoms with Crippen molar-refractivity contribution in [2.24, 2.45) is 0 Å². The number of pyridine rings is 1. The summed E-state index contributed by atoms with van der Waals surface area (Å²) >= 11 is 1.52. The van der Waals surface area contributed by atoms with E-state index in [4.69, 9.17) is 9.26 Å². The average molecular weight is 356 g/mol. The van der Waals surface area contributed by atoms with Gasteiger partial charge in [0, 0.05) is 19.3 Å². The highest BCUT2D eigenvalue weighted by molar-refractivity contribution is 7.13. The molecule has 0 amide bonds. The van der Waals surface area contributed by atoms with Crippen molar-refractivity contribution in [2.45, 2.75) is 19.4 Å². The summed E-state index contributed by atoms with van der Waals surface area (Å²) in [4.78, 5) is 24.1. The lowest BCUT2D eigenvalue weighted by molar-refractivity contribution is 0.0430. The molecule has 0 aliphatic carbocycles. The fourth-order valence-corrected chi connectivity index (χ4v) is 3.41. The molecule has 0 N–H and O–H groups in total. The van der Waals surface area contributed by atoms with E-state index in [-0.39, 0.29) is 12.5 Å². The van der Waals surface area contributed by atoms with Crippen LogP contribution in [0.4, 0.5) is 5.82 Å². The lowest BCUT2D eigenvalue weighted by atomic mass is 10.2. The Bertz CT molecular complexity index is 856. The van der Waals surface area contributed by atoms with E-state index in [1.807, 2.05) is 17.5 Å². The molecular formula is C17H16N4O3S. The highest BCUT2D eigenvalue weighted by Gasteiger charge is 2.22. The van der Waals surface area contributed by atoms with Gasteiger partial charge >= 0.3 is 5.97 Å². The largest absolute Gasteiger partial charge is 0.452 e. The van der Waals surface area contributed by atoms with Gasteiger partial charge < -0.3 is 14.2 Å². The van der Waals surface area contributed by atoms with Gasteiger partial charge in [-0.2, -0.15) is 4.98 Å². The van der Waals surface area contributed by atoms with E-state index in [2.05, 4.69) is 20.0 Å². The smallest absolute Gasteiger partial charge is 0.342 e. The van der Waals surface area contributed by atoms with Gasteiger partial charge in [-0.25, -0.2) is 9.78 Å². The molecule has 1 aliphatic rings. The number of ether oxygens (including phenoxy) is 1. The highest BCUT2D eigenvalue weighted by atomic mass is 32.1. The molecule has 4 heterocycles. The molecule has 0 aromatic carbocycles. The van der Waals surface area contributed by atoms with Crippen LogP contribution in [0.5, 0.6) is 0 Å². The number of rotatable bonds is 5. The van der Waals surface area contributed by atoms with Crippen molar-refractivity contribution in [3.63, 3.8) is 0 Å². The first-order valence-corrected chi connectivity index (χ1v) is 8.93. The summed E-state index contributed by atoms with van der Waals surface area (Å²) in [5.74, 6) is 1.00. The molecule has 3 aromatic rings. The third-order valence-electron chi connectivity index (χ3n) is 3.95. The van der Waals surface area contributed by atoms with E-state index < -0.39 is 5.97 Å². The second kappa shape index (κ2) is 7.02. The molecule has 0 spiro atoms. The Morgan fingerprint density at radius 3 is 2.96 bits per heavy atom. The standard InChI is InChI=1S/C17H16N4O3S/c22-17(12-5-3-7-18-16(12)21-8-1-2-9-21)23-11-14-19-15(20-24-14)13-6-4-10-25-13/h3-7,10H,1-2,8-9,11H2. The van der Waals surface area contributed by atoms with Crippen molar-refractivity contribution in [2.75, 3.05) is 18.0 Å². The number of carbonyl (C=O) groups is 1. The van der Waals surface area contributed by atoms with Crippen LogP contribution in [0, 0.1) is 0 Å². The Kier molecular flexibility index (Phi) is 4.43. The van der Waals surface area contributed by atoms with Crippen LogP contribution in [0.1, 0.15) is 29.1 Å². The molecule has 0 bridgehead atoms. The van der Waals surface area contributed by atoms with Gasteiger partial charge in [-0.1, -0.05) is 11.2 Å². The maximum absolute atomic E-state index is 12.5. The minimum absolute atomic E-state index is 0.0639. The molecule has 4 rings (SSSR count). The Hall–Kier alpha value is -2.74. The molecule has 128 valence electrons. The first-order valence-electron chi connectivity index (χ1n) is 8.05. The Morgan fingerprint density at radius 1 is 1.28 bits per heavy atom. The van der Waals surface area contributed by atoms with Gasteiger partial charge in [-0.15, -0.1) is 11.3 Å². The van der Waals surface area contributed by atoms with E-state index in [1.165, 1.54) is 11.3 Å². The van der Waals surface area contributed by atoms with Gasteiger partial charge in [0.05, 0.1) is 4.88 Å². The fourth-order valence-electron chi connectivity index (χ4n) is 2.76. The monoisotopic (exact) mass is 356 g/mol. The van der Waals surface area contributed by atoms with Gasteiger partial charge in [-0.05, 0) is 36.4 Å².